The number of thiazole rings is 1. The highest BCUT2D eigenvalue weighted by Gasteiger charge is 2.12. The van der Waals surface area contributed by atoms with Crippen molar-refractivity contribution in [1.82, 2.24) is 14.6 Å². The van der Waals surface area contributed by atoms with Crippen molar-refractivity contribution >= 4 is 57.2 Å². The molecule has 0 aliphatic heterocycles. The second-order valence-electron chi connectivity index (χ2n) is 5.23. The molecule has 0 fully saturated rings. The molecule has 0 amide bonds. The SMILES string of the molecule is O=c1/c(=C/c2ccc(Cl)c(Cl)c2)sc2nc(-c3cccc(Cl)c3)nn12. The number of hydrogen-bond acceptors (Lipinski definition) is 4. The van der Waals surface area contributed by atoms with Crippen LogP contribution >= 0.6 is 46.1 Å². The molecule has 0 unspecified atom stereocenters. The highest BCUT2D eigenvalue weighted by atomic mass is 35.5. The first kappa shape index (κ1) is 16.5. The zero-order chi connectivity index (χ0) is 17.6. The molecule has 25 heavy (non-hydrogen) atoms. The van der Waals surface area contributed by atoms with Crippen LogP contribution < -0.4 is 10.1 Å². The van der Waals surface area contributed by atoms with Crippen molar-refractivity contribution in [2.75, 3.05) is 0 Å². The lowest BCUT2D eigenvalue weighted by Crippen LogP contribution is -2.23. The van der Waals surface area contributed by atoms with Crippen LogP contribution in [0.25, 0.3) is 22.4 Å². The van der Waals surface area contributed by atoms with Gasteiger partial charge in [-0.05, 0) is 35.9 Å². The van der Waals surface area contributed by atoms with Crippen LogP contribution in [0.4, 0.5) is 0 Å². The fourth-order valence-electron chi connectivity index (χ4n) is 2.34. The molecule has 2 aromatic carbocycles. The average Bonchev–Trinajstić information content (AvgIpc) is 3.12. The smallest absolute Gasteiger partial charge is 0.266 e. The number of aromatic nitrogens is 3. The van der Waals surface area contributed by atoms with E-state index in [0.29, 0.717) is 30.4 Å². The molecular weight excluding hydrogens is 401 g/mol. The van der Waals surface area contributed by atoms with Gasteiger partial charge in [0.25, 0.3) is 5.56 Å². The van der Waals surface area contributed by atoms with Crippen LogP contribution in [0.1, 0.15) is 5.56 Å². The highest BCUT2D eigenvalue weighted by molar-refractivity contribution is 7.15. The zero-order valence-corrected chi connectivity index (χ0v) is 15.5. The molecule has 0 aliphatic rings. The summed E-state index contributed by atoms with van der Waals surface area (Å²) in [7, 11) is 0. The molecule has 0 saturated carbocycles. The number of benzene rings is 2. The Labute approximate surface area is 160 Å². The largest absolute Gasteiger partial charge is 0.291 e. The van der Waals surface area contributed by atoms with Gasteiger partial charge in [-0.3, -0.25) is 4.79 Å². The maximum atomic E-state index is 12.6. The molecule has 8 heteroatoms. The second kappa shape index (κ2) is 6.42. The fourth-order valence-corrected chi connectivity index (χ4v) is 3.74. The van der Waals surface area contributed by atoms with Gasteiger partial charge in [0, 0.05) is 10.6 Å². The summed E-state index contributed by atoms with van der Waals surface area (Å²) in [6, 6.07) is 12.4. The van der Waals surface area contributed by atoms with Crippen LogP contribution in [0.2, 0.25) is 15.1 Å². The number of halogens is 3. The number of hydrogen-bond donors (Lipinski definition) is 0. The minimum absolute atomic E-state index is 0.230. The first-order valence-corrected chi connectivity index (χ1v) is 9.08. The van der Waals surface area contributed by atoms with Gasteiger partial charge in [0.15, 0.2) is 5.82 Å². The zero-order valence-electron chi connectivity index (χ0n) is 12.4. The summed E-state index contributed by atoms with van der Waals surface area (Å²) in [4.78, 5) is 17.5. The van der Waals surface area contributed by atoms with Crippen LogP contribution in [0.3, 0.4) is 0 Å². The van der Waals surface area contributed by atoms with Crippen molar-refractivity contribution in [3.8, 4) is 11.4 Å². The second-order valence-corrected chi connectivity index (χ2v) is 7.49. The Morgan fingerprint density at radius 3 is 2.60 bits per heavy atom. The predicted octanol–water partition coefficient (Wildman–Crippen LogP) is 4.33. The normalized spacial score (nSPS) is 12.2. The summed E-state index contributed by atoms with van der Waals surface area (Å²) in [6.45, 7) is 0. The van der Waals surface area contributed by atoms with Crippen molar-refractivity contribution in [2.45, 2.75) is 0 Å². The Hall–Kier alpha value is -1.92. The van der Waals surface area contributed by atoms with E-state index in [1.54, 1.807) is 36.4 Å². The van der Waals surface area contributed by atoms with Gasteiger partial charge in [-0.2, -0.15) is 9.50 Å². The van der Waals surface area contributed by atoms with Gasteiger partial charge in [0.1, 0.15) is 0 Å². The van der Waals surface area contributed by atoms with Crippen LogP contribution in [-0.2, 0) is 0 Å². The Kier molecular flexibility index (Phi) is 4.25. The maximum Gasteiger partial charge on any atom is 0.291 e. The van der Waals surface area contributed by atoms with E-state index in [1.165, 1.54) is 15.9 Å². The molecule has 2 aromatic heterocycles. The average molecular weight is 409 g/mol. The van der Waals surface area contributed by atoms with E-state index in [4.69, 9.17) is 34.8 Å². The molecule has 0 aliphatic carbocycles. The first-order chi connectivity index (χ1) is 12.0. The van der Waals surface area contributed by atoms with Gasteiger partial charge in [0.05, 0.1) is 14.6 Å². The van der Waals surface area contributed by atoms with Gasteiger partial charge in [-0.25, -0.2) is 0 Å². The molecule has 2 heterocycles. The third-order valence-corrected chi connectivity index (χ3v) is 5.44. The van der Waals surface area contributed by atoms with E-state index in [-0.39, 0.29) is 5.56 Å². The molecule has 0 spiro atoms. The van der Waals surface area contributed by atoms with Crippen LogP contribution in [0, 0.1) is 0 Å². The molecule has 0 saturated heterocycles. The van der Waals surface area contributed by atoms with Gasteiger partial charge in [0.2, 0.25) is 4.96 Å². The number of nitrogens with zero attached hydrogens (tertiary/aromatic N) is 3. The summed E-state index contributed by atoms with van der Waals surface area (Å²) in [5, 5.41) is 5.79. The maximum absolute atomic E-state index is 12.6. The lowest BCUT2D eigenvalue weighted by molar-refractivity contribution is 0.937. The highest BCUT2D eigenvalue weighted by Crippen LogP contribution is 2.23. The molecule has 4 rings (SSSR count). The Morgan fingerprint density at radius 1 is 1.04 bits per heavy atom. The fraction of sp³-hybridized carbons (Fsp3) is 0. The third kappa shape index (κ3) is 3.16. The van der Waals surface area contributed by atoms with Gasteiger partial charge >= 0.3 is 0 Å². The van der Waals surface area contributed by atoms with Crippen molar-refractivity contribution in [2.24, 2.45) is 0 Å². The van der Waals surface area contributed by atoms with Crippen molar-refractivity contribution in [3.05, 3.63) is 78.0 Å². The van der Waals surface area contributed by atoms with Crippen molar-refractivity contribution in [3.63, 3.8) is 0 Å². The number of fused-ring (bicyclic) bond motifs is 1. The summed E-state index contributed by atoms with van der Waals surface area (Å²) in [5.74, 6) is 0.465. The minimum Gasteiger partial charge on any atom is -0.266 e. The lowest BCUT2D eigenvalue weighted by atomic mass is 10.2. The lowest BCUT2D eigenvalue weighted by Gasteiger charge is -1.96. The van der Waals surface area contributed by atoms with Gasteiger partial charge < -0.3 is 0 Å². The number of rotatable bonds is 2. The van der Waals surface area contributed by atoms with Gasteiger partial charge in [-0.15, -0.1) is 5.10 Å². The molecule has 4 aromatic rings. The molecular formula is C17H8Cl3N3OS. The Morgan fingerprint density at radius 2 is 1.88 bits per heavy atom. The van der Waals surface area contributed by atoms with E-state index in [0.717, 1.165) is 11.1 Å². The van der Waals surface area contributed by atoms with E-state index >= 15 is 0 Å². The summed E-state index contributed by atoms with van der Waals surface area (Å²) >= 11 is 19.2. The minimum atomic E-state index is -0.230. The first-order valence-electron chi connectivity index (χ1n) is 7.13. The van der Waals surface area contributed by atoms with Crippen LogP contribution in [-0.4, -0.2) is 14.6 Å². The summed E-state index contributed by atoms with van der Waals surface area (Å²) in [5.41, 5.74) is 1.32. The summed E-state index contributed by atoms with van der Waals surface area (Å²) in [6.07, 6.45) is 1.74. The van der Waals surface area contributed by atoms with E-state index < -0.39 is 0 Å². The van der Waals surface area contributed by atoms with Crippen molar-refractivity contribution in [1.29, 1.82) is 0 Å². The van der Waals surface area contributed by atoms with Crippen LogP contribution in [0.15, 0.2) is 47.3 Å². The Balaban J connectivity index is 1.81. The molecule has 0 N–H and O–H groups in total. The third-order valence-electron chi connectivity index (χ3n) is 3.51. The van der Waals surface area contributed by atoms with Gasteiger partial charge in [-0.1, -0.05) is 64.3 Å². The molecule has 4 nitrogen and oxygen atoms in total. The molecule has 0 radical (unpaired) electrons. The predicted molar refractivity (Wildman–Crippen MR) is 103 cm³/mol. The molecule has 124 valence electrons. The molecule has 0 bridgehead atoms. The Bertz CT molecular complexity index is 1220. The monoisotopic (exact) mass is 407 g/mol. The topological polar surface area (TPSA) is 47.3 Å². The van der Waals surface area contributed by atoms with E-state index in [9.17, 15) is 4.79 Å². The standard InChI is InChI=1S/C17H8Cl3N3OS/c18-11-3-1-2-10(8-11)15-21-17-23(22-15)16(24)14(25-17)7-9-4-5-12(19)13(20)6-9/h1-8H/b14-7-. The summed E-state index contributed by atoms with van der Waals surface area (Å²) < 4.78 is 1.82. The van der Waals surface area contributed by atoms with E-state index in [1.807, 2.05) is 12.1 Å². The quantitative estimate of drug-likeness (QED) is 0.496. The van der Waals surface area contributed by atoms with Crippen LogP contribution in [0.5, 0.6) is 0 Å². The van der Waals surface area contributed by atoms with Crippen molar-refractivity contribution < 1.29 is 0 Å². The molecule has 0 atom stereocenters. The van der Waals surface area contributed by atoms with E-state index in [2.05, 4.69) is 10.1 Å².